The Hall–Kier alpha value is -3.16. The molecule has 152 valence electrons. The summed E-state index contributed by atoms with van der Waals surface area (Å²) in [7, 11) is -3.91. The zero-order chi connectivity index (χ0) is 21.1. The van der Waals surface area contributed by atoms with Crippen molar-refractivity contribution in [1.82, 2.24) is 9.97 Å². The van der Waals surface area contributed by atoms with Crippen molar-refractivity contribution in [2.75, 3.05) is 4.72 Å². The number of sulfonamides is 1. The molecule has 0 radical (unpaired) electrons. The van der Waals surface area contributed by atoms with Crippen molar-refractivity contribution in [3.05, 3.63) is 89.2 Å². The van der Waals surface area contributed by atoms with Crippen molar-refractivity contribution in [2.24, 2.45) is 0 Å². The second kappa shape index (κ2) is 8.30. The van der Waals surface area contributed by atoms with E-state index in [4.69, 9.17) is 16.3 Å². The van der Waals surface area contributed by atoms with Crippen LogP contribution in [0.1, 0.15) is 11.1 Å². The lowest BCUT2D eigenvalue weighted by Gasteiger charge is -2.15. The van der Waals surface area contributed by atoms with E-state index in [9.17, 15) is 8.42 Å². The first kappa shape index (κ1) is 20.1. The number of hydrogen-bond acceptors (Lipinski definition) is 5. The lowest BCUT2D eigenvalue weighted by molar-refractivity contribution is 0.296. The van der Waals surface area contributed by atoms with Gasteiger partial charge in [-0.2, -0.15) is 0 Å². The molecule has 2 heterocycles. The number of fused-ring (bicyclic) bond motifs is 1. The molecule has 0 saturated heterocycles. The molecule has 0 aliphatic carbocycles. The molecule has 2 aromatic carbocycles. The van der Waals surface area contributed by atoms with Crippen molar-refractivity contribution in [1.29, 1.82) is 0 Å². The highest BCUT2D eigenvalue weighted by Gasteiger charge is 2.21. The van der Waals surface area contributed by atoms with Crippen molar-refractivity contribution < 1.29 is 13.2 Å². The highest BCUT2D eigenvalue weighted by Crippen LogP contribution is 2.31. The Kier molecular flexibility index (Phi) is 5.57. The highest BCUT2D eigenvalue weighted by atomic mass is 35.5. The number of pyridine rings is 2. The molecule has 1 N–H and O–H groups in total. The topological polar surface area (TPSA) is 81.2 Å². The summed E-state index contributed by atoms with van der Waals surface area (Å²) in [5, 5.41) is 1.16. The molecule has 0 fully saturated rings. The molecule has 4 rings (SSSR count). The van der Waals surface area contributed by atoms with E-state index >= 15 is 0 Å². The van der Waals surface area contributed by atoms with Crippen LogP contribution in [0.3, 0.4) is 0 Å². The minimum absolute atomic E-state index is 0.0985. The summed E-state index contributed by atoms with van der Waals surface area (Å²) in [4.78, 5) is 8.67. The van der Waals surface area contributed by atoms with Crippen LogP contribution in [0.15, 0.2) is 78.0 Å². The summed E-state index contributed by atoms with van der Waals surface area (Å²) < 4.78 is 34.6. The third-order valence-corrected chi connectivity index (χ3v) is 6.46. The van der Waals surface area contributed by atoms with Gasteiger partial charge in [-0.15, -0.1) is 0 Å². The summed E-state index contributed by atoms with van der Waals surface area (Å²) in [6.07, 6.45) is 3.35. The van der Waals surface area contributed by atoms with Gasteiger partial charge < -0.3 is 4.74 Å². The summed E-state index contributed by atoms with van der Waals surface area (Å²) in [5.41, 5.74) is 2.25. The fourth-order valence-electron chi connectivity index (χ4n) is 3.00. The van der Waals surface area contributed by atoms with Gasteiger partial charge in [0, 0.05) is 28.4 Å². The molecule has 0 aliphatic heterocycles. The van der Waals surface area contributed by atoms with Gasteiger partial charge in [-0.05, 0) is 42.8 Å². The molecule has 8 heteroatoms. The molecule has 0 atom stereocenters. The Morgan fingerprint density at radius 3 is 2.70 bits per heavy atom. The number of nitrogens with one attached hydrogen (secondary N) is 1. The van der Waals surface area contributed by atoms with Gasteiger partial charge in [0.2, 0.25) is 5.88 Å². The molecule has 0 bridgehead atoms. The first-order valence-corrected chi connectivity index (χ1v) is 11.0. The van der Waals surface area contributed by atoms with Gasteiger partial charge in [-0.25, -0.2) is 13.4 Å². The molecular formula is C22H18ClN3O3S. The highest BCUT2D eigenvalue weighted by molar-refractivity contribution is 7.92. The predicted molar refractivity (Wildman–Crippen MR) is 117 cm³/mol. The number of anilines is 1. The molecule has 6 nitrogen and oxygen atoms in total. The predicted octanol–water partition coefficient (Wildman–Crippen LogP) is 4.97. The van der Waals surface area contributed by atoms with Crippen LogP contribution in [0.5, 0.6) is 5.88 Å². The van der Waals surface area contributed by atoms with Gasteiger partial charge in [0.15, 0.2) is 0 Å². The fraction of sp³-hybridized carbons (Fsp3) is 0.0909. The number of hydrogen-bond donors (Lipinski definition) is 1. The number of rotatable bonds is 6. The van der Waals surface area contributed by atoms with Gasteiger partial charge in [-0.3, -0.25) is 9.71 Å². The normalized spacial score (nSPS) is 11.4. The van der Waals surface area contributed by atoms with Crippen LogP contribution < -0.4 is 9.46 Å². The molecule has 0 saturated carbocycles. The standard InChI is InChI=1S/C22H18ClN3O3S/c1-15-18(23)8-4-10-21(15)30(27,28)26-20-12-17-7-2-3-9-19(17)25-22(20)29-14-16-6-5-11-24-13-16/h2-13,26H,14H2,1H3. The van der Waals surface area contributed by atoms with E-state index < -0.39 is 10.0 Å². The van der Waals surface area contributed by atoms with Crippen LogP contribution in [-0.4, -0.2) is 18.4 Å². The number of nitrogens with zero attached hydrogens (tertiary/aromatic N) is 2. The number of ether oxygens (including phenoxy) is 1. The van der Waals surface area contributed by atoms with Crippen LogP contribution in [0.25, 0.3) is 10.9 Å². The Balaban J connectivity index is 1.73. The summed E-state index contributed by atoms with van der Waals surface area (Å²) in [6, 6.07) is 17.6. The van der Waals surface area contributed by atoms with E-state index in [0.29, 0.717) is 16.1 Å². The average Bonchev–Trinajstić information content (AvgIpc) is 2.74. The largest absolute Gasteiger partial charge is 0.471 e. The first-order chi connectivity index (χ1) is 14.4. The molecule has 0 unspecified atom stereocenters. The Morgan fingerprint density at radius 2 is 1.90 bits per heavy atom. The minimum Gasteiger partial charge on any atom is -0.471 e. The maximum Gasteiger partial charge on any atom is 0.262 e. The average molecular weight is 440 g/mol. The van der Waals surface area contributed by atoms with Crippen molar-refractivity contribution in [2.45, 2.75) is 18.4 Å². The first-order valence-electron chi connectivity index (χ1n) is 9.13. The van der Waals surface area contributed by atoms with Gasteiger partial charge >= 0.3 is 0 Å². The van der Waals surface area contributed by atoms with E-state index in [-0.39, 0.29) is 23.1 Å². The molecule has 30 heavy (non-hydrogen) atoms. The third kappa shape index (κ3) is 4.22. The van der Waals surface area contributed by atoms with Crippen molar-refractivity contribution in [3.8, 4) is 5.88 Å². The smallest absolute Gasteiger partial charge is 0.262 e. The van der Waals surface area contributed by atoms with Gasteiger partial charge in [0.1, 0.15) is 12.3 Å². The molecule has 0 aliphatic rings. The van der Waals surface area contributed by atoms with Crippen LogP contribution in [0, 0.1) is 6.92 Å². The van der Waals surface area contributed by atoms with Gasteiger partial charge in [-0.1, -0.05) is 41.9 Å². The van der Waals surface area contributed by atoms with Crippen LogP contribution in [0.2, 0.25) is 5.02 Å². The Labute approximate surface area is 179 Å². The van der Waals surface area contributed by atoms with Crippen molar-refractivity contribution in [3.63, 3.8) is 0 Å². The quantitative estimate of drug-likeness (QED) is 0.458. The summed E-state index contributed by atoms with van der Waals surface area (Å²) in [5.74, 6) is 0.181. The Bertz CT molecular complexity index is 1310. The molecule has 0 amide bonds. The van der Waals surface area contributed by atoms with Gasteiger partial charge in [0.25, 0.3) is 10.0 Å². The van der Waals surface area contributed by atoms with E-state index in [0.717, 1.165) is 10.9 Å². The van der Waals surface area contributed by atoms with E-state index in [1.54, 1.807) is 43.6 Å². The second-order valence-corrected chi connectivity index (χ2v) is 8.71. The van der Waals surface area contributed by atoms with Crippen LogP contribution >= 0.6 is 11.6 Å². The van der Waals surface area contributed by atoms with E-state index in [1.807, 2.05) is 30.3 Å². The second-order valence-electron chi connectivity index (χ2n) is 6.65. The van der Waals surface area contributed by atoms with E-state index in [1.165, 1.54) is 6.07 Å². The minimum atomic E-state index is -3.91. The fourth-order valence-corrected chi connectivity index (χ4v) is 4.54. The maximum absolute atomic E-state index is 13.1. The van der Waals surface area contributed by atoms with Gasteiger partial charge in [0.05, 0.1) is 10.4 Å². The van der Waals surface area contributed by atoms with Crippen LogP contribution in [-0.2, 0) is 16.6 Å². The number of aromatic nitrogens is 2. The monoisotopic (exact) mass is 439 g/mol. The lowest BCUT2D eigenvalue weighted by atomic mass is 10.2. The number of para-hydroxylation sites is 1. The zero-order valence-electron chi connectivity index (χ0n) is 16.0. The zero-order valence-corrected chi connectivity index (χ0v) is 17.6. The van der Waals surface area contributed by atoms with E-state index in [2.05, 4.69) is 14.7 Å². The lowest BCUT2D eigenvalue weighted by Crippen LogP contribution is -2.15. The number of benzene rings is 2. The SMILES string of the molecule is Cc1c(Cl)cccc1S(=O)(=O)Nc1cc2ccccc2nc1OCc1cccnc1. The molecule has 4 aromatic rings. The summed E-state index contributed by atoms with van der Waals surface area (Å²) in [6.45, 7) is 1.86. The van der Waals surface area contributed by atoms with Crippen molar-refractivity contribution >= 4 is 38.2 Å². The third-order valence-electron chi connectivity index (χ3n) is 4.54. The maximum atomic E-state index is 13.1. The molecule has 0 spiro atoms. The van der Waals surface area contributed by atoms with Crippen LogP contribution in [0.4, 0.5) is 5.69 Å². The molecule has 2 aromatic heterocycles. The molecular weight excluding hydrogens is 422 g/mol. The summed E-state index contributed by atoms with van der Waals surface area (Å²) >= 11 is 6.11. The Morgan fingerprint density at radius 1 is 1.07 bits per heavy atom. The number of halogens is 1.